The van der Waals surface area contributed by atoms with Crippen LogP contribution in [-0.4, -0.2) is 40.6 Å². The summed E-state index contributed by atoms with van der Waals surface area (Å²) in [6, 6.07) is -0.172. The van der Waals surface area contributed by atoms with Gasteiger partial charge >= 0.3 is 6.03 Å². The van der Waals surface area contributed by atoms with E-state index in [1.54, 1.807) is 0 Å². The van der Waals surface area contributed by atoms with E-state index in [2.05, 4.69) is 20.7 Å². The molecule has 0 radical (unpaired) electrons. The van der Waals surface area contributed by atoms with Crippen molar-refractivity contribution in [1.29, 1.82) is 0 Å². The van der Waals surface area contributed by atoms with Gasteiger partial charge in [0.25, 0.3) is 0 Å². The van der Waals surface area contributed by atoms with Gasteiger partial charge in [0.05, 0.1) is 6.04 Å². The lowest BCUT2D eigenvalue weighted by Gasteiger charge is -2.23. The molecular weight excluding hydrogens is 294 g/mol. The van der Waals surface area contributed by atoms with Gasteiger partial charge < -0.3 is 15.4 Å². The topological polar surface area (TPSA) is 81.1 Å². The average molecular weight is 321 g/mol. The Kier molecular flexibility index (Phi) is 5.48. The van der Waals surface area contributed by atoms with Gasteiger partial charge in [-0.05, 0) is 38.0 Å². The van der Waals surface area contributed by atoms with Crippen LogP contribution in [0.5, 0.6) is 0 Å². The number of aromatic nitrogens is 3. The number of nitrogens with one attached hydrogen (secondary N) is 2. The maximum Gasteiger partial charge on any atom is 0.315 e. The molecule has 1 atom stereocenters. The van der Waals surface area contributed by atoms with Gasteiger partial charge in [-0.3, -0.25) is 0 Å². The van der Waals surface area contributed by atoms with Crippen LogP contribution in [0.4, 0.5) is 4.79 Å². The molecule has 0 saturated heterocycles. The number of hydrogen-bond acceptors (Lipinski definition) is 4. The molecule has 2 heterocycles. The Morgan fingerprint density at radius 3 is 3.04 bits per heavy atom. The number of rotatable bonds is 8. The lowest BCUT2D eigenvalue weighted by molar-refractivity contribution is 0.122. The zero-order valence-electron chi connectivity index (χ0n) is 13.9. The second-order valence-corrected chi connectivity index (χ2v) is 6.43. The molecule has 1 aliphatic heterocycles. The van der Waals surface area contributed by atoms with Crippen molar-refractivity contribution < 1.29 is 9.53 Å². The van der Waals surface area contributed by atoms with Crippen molar-refractivity contribution in [3.05, 3.63) is 11.6 Å². The number of carbonyl (C=O) groups is 1. The number of hydrogen-bond donors (Lipinski definition) is 2. The Bertz CT molecular complexity index is 527. The first-order valence-corrected chi connectivity index (χ1v) is 8.82. The first-order chi connectivity index (χ1) is 11.3. The van der Waals surface area contributed by atoms with Crippen molar-refractivity contribution in [2.24, 2.45) is 5.92 Å². The van der Waals surface area contributed by atoms with Crippen LogP contribution in [0.15, 0.2) is 0 Å². The Hall–Kier alpha value is -1.63. The third-order valence-corrected chi connectivity index (χ3v) is 4.34. The second-order valence-electron chi connectivity index (χ2n) is 6.43. The molecule has 1 aromatic heterocycles. The number of amides is 2. The van der Waals surface area contributed by atoms with Crippen LogP contribution >= 0.6 is 0 Å². The summed E-state index contributed by atoms with van der Waals surface area (Å²) in [4.78, 5) is 16.6. The first-order valence-electron chi connectivity index (χ1n) is 8.82. The summed E-state index contributed by atoms with van der Waals surface area (Å²) in [6.07, 6.45) is 6.22. The molecule has 0 aromatic carbocycles. The predicted octanol–water partition coefficient (Wildman–Crippen LogP) is 1.79. The fourth-order valence-electron chi connectivity index (χ4n) is 2.81. The van der Waals surface area contributed by atoms with Crippen LogP contribution in [0, 0.1) is 5.92 Å². The molecule has 0 bridgehead atoms. The van der Waals surface area contributed by atoms with Gasteiger partial charge in [-0.25, -0.2) is 14.5 Å². The summed E-state index contributed by atoms with van der Waals surface area (Å²) in [5.74, 6) is 2.53. The summed E-state index contributed by atoms with van der Waals surface area (Å²) in [6.45, 7) is 5.16. The molecule has 1 fully saturated rings. The maximum atomic E-state index is 12.0. The van der Waals surface area contributed by atoms with Crippen LogP contribution in [0.1, 0.15) is 56.7 Å². The van der Waals surface area contributed by atoms with Crippen molar-refractivity contribution in [2.75, 3.05) is 19.8 Å². The van der Waals surface area contributed by atoms with E-state index in [0.29, 0.717) is 13.2 Å². The van der Waals surface area contributed by atoms with Crippen LogP contribution < -0.4 is 10.6 Å². The summed E-state index contributed by atoms with van der Waals surface area (Å²) >= 11 is 0. The molecule has 3 rings (SSSR count). The molecule has 128 valence electrons. The number of aryl methyl sites for hydroxylation is 2. The smallest absolute Gasteiger partial charge is 0.315 e. The van der Waals surface area contributed by atoms with Crippen LogP contribution in [0.3, 0.4) is 0 Å². The van der Waals surface area contributed by atoms with Gasteiger partial charge in [0.2, 0.25) is 0 Å². The number of carbonyl (C=O) groups excluding carboxylic acids is 1. The van der Waals surface area contributed by atoms with Gasteiger partial charge in [0.1, 0.15) is 5.82 Å². The van der Waals surface area contributed by atoms with Crippen molar-refractivity contribution in [2.45, 2.75) is 58.0 Å². The lowest BCUT2D eigenvalue weighted by atomic mass is 10.1. The van der Waals surface area contributed by atoms with E-state index in [9.17, 15) is 4.79 Å². The number of ether oxygens (including phenoxy) is 1. The number of fused-ring (bicyclic) bond motifs is 1. The minimum Gasteiger partial charge on any atom is -0.381 e. The summed E-state index contributed by atoms with van der Waals surface area (Å²) in [7, 11) is 0. The van der Waals surface area contributed by atoms with Crippen molar-refractivity contribution in [3.63, 3.8) is 0 Å². The Labute approximate surface area is 137 Å². The zero-order chi connectivity index (χ0) is 16.1. The van der Waals surface area contributed by atoms with Gasteiger partial charge in [-0.2, -0.15) is 5.10 Å². The Morgan fingerprint density at radius 2 is 2.26 bits per heavy atom. The van der Waals surface area contributed by atoms with E-state index in [1.807, 2.05) is 11.6 Å². The van der Waals surface area contributed by atoms with Crippen LogP contribution in [-0.2, 0) is 17.7 Å². The number of nitrogens with zero attached hydrogens (tertiary/aromatic N) is 3. The highest BCUT2D eigenvalue weighted by Gasteiger charge is 2.25. The van der Waals surface area contributed by atoms with Crippen molar-refractivity contribution in [1.82, 2.24) is 25.4 Å². The molecule has 7 heteroatoms. The average Bonchev–Trinajstić information content (AvgIpc) is 3.27. The molecule has 7 nitrogen and oxygen atoms in total. The molecule has 2 aliphatic rings. The summed E-state index contributed by atoms with van der Waals surface area (Å²) < 4.78 is 7.49. The summed E-state index contributed by atoms with van der Waals surface area (Å²) in [5.41, 5.74) is 0. The lowest BCUT2D eigenvalue weighted by Crippen LogP contribution is -2.40. The van der Waals surface area contributed by atoms with Gasteiger partial charge in [-0.1, -0.05) is 6.92 Å². The highest BCUT2D eigenvalue weighted by atomic mass is 16.5. The molecule has 2 N–H and O–H groups in total. The predicted molar refractivity (Wildman–Crippen MR) is 86.1 cm³/mol. The minimum atomic E-state index is -0.133. The molecule has 0 spiro atoms. The minimum absolute atomic E-state index is 0.0392. The zero-order valence-corrected chi connectivity index (χ0v) is 13.9. The maximum absolute atomic E-state index is 12.0. The molecule has 1 saturated carbocycles. The standard InChI is InChI=1S/C16H27N5O2/c1-2-14-19-15-13(5-3-9-21(15)20-14)18-16(22)17-8-4-10-23-11-12-6-7-12/h12-13H,2-11H2,1H3,(H2,17,18,22)/t13-/m1/s1. The van der Waals surface area contributed by atoms with Gasteiger partial charge in [0.15, 0.2) is 5.82 Å². The van der Waals surface area contributed by atoms with Gasteiger partial charge in [-0.15, -0.1) is 0 Å². The van der Waals surface area contributed by atoms with E-state index in [0.717, 1.165) is 56.4 Å². The molecule has 23 heavy (non-hydrogen) atoms. The fraction of sp³-hybridized carbons (Fsp3) is 0.812. The third kappa shape index (κ3) is 4.67. The van der Waals surface area contributed by atoms with E-state index in [1.165, 1.54) is 12.8 Å². The first kappa shape index (κ1) is 16.2. The molecule has 1 aliphatic carbocycles. The highest BCUT2D eigenvalue weighted by Crippen LogP contribution is 2.28. The van der Waals surface area contributed by atoms with E-state index < -0.39 is 0 Å². The monoisotopic (exact) mass is 321 g/mol. The van der Waals surface area contributed by atoms with E-state index in [-0.39, 0.29) is 12.1 Å². The van der Waals surface area contributed by atoms with E-state index in [4.69, 9.17) is 4.74 Å². The molecule has 2 amide bonds. The van der Waals surface area contributed by atoms with E-state index >= 15 is 0 Å². The molecular formula is C16H27N5O2. The van der Waals surface area contributed by atoms with Gasteiger partial charge in [0, 0.05) is 32.7 Å². The largest absolute Gasteiger partial charge is 0.381 e. The Morgan fingerprint density at radius 1 is 1.39 bits per heavy atom. The van der Waals surface area contributed by atoms with Crippen molar-refractivity contribution >= 4 is 6.03 Å². The highest BCUT2D eigenvalue weighted by molar-refractivity contribution is 5.74. The quantitative estimate of drug-likeness (QED) is 0.715. The third-order valence-electron chi connectivity index (χ3n) is 4.34. The van der Waals surface area contributed by atoms with Crippen molar-refractivity contribution in [3.8, 4) is 0 Å². The molecule has 1 aromatic rings. The Balaban J connectivity index is 1.37. The molecule has 0 unspecified atom stereocenters. The normalized spacial score (nSPS) is 20.1. The summed E-state index contributed by atoms with van der Waals surface area (Å²) in [5, 5.41) is 10.4. The fourth-order valence-corrected chi connectivity index (χ4v) is 2.81. The van der Waals surface area contributed by atoms with Crippen LogP contribution in [0.25, 0.3) is 0 Å². The SMILES string of the molecule is CCc1nc2n(n1)CCC[C@H]2NC(=O)NCCCOCC1CC1. The van der Waals surface area contributed by atoms with Crippen LogP contribution in [0.2, 0.25) is 0 Å². The number of urea groups is 1. The second kappa shape index (κ2) is 7.77.